The first kappa shape index (κ1) is 20.1. The van der Waals surface area contributed by atoms with E-state index in [2.05, 4.69) is 4.98 Å². The summed E-state index contributed by atoms with van der Waals surface area (Å²) in [7, 11) is 0. The van der Waals surface area contributed by atoms with Crippen LogP contribution in [0.1, 0.15) is 5.56 Å². The van der Waals surface area contributed by atoms with E-state index in [1.165, 1.54) is 6.07 Å². The highest BCUT2D eigenvalue weighted by atomic mass is 35.5. The van der Waals surface area contributed by atoms with E-state index in [1.807, 2.05) is 0 Å². The summed E-state index contributed by atoms with van der Waals surface area (Å²) in [5, 5.41) is -1.72. The van der Waals surface area contributed by atoms with Gasteiger partial charge in [-0.1, -0.05) is 34.8 Å². The number of nitrogens with zero attached hydrogens (tertiary/aromatic N) is 1. The fourth-order valence-electron chi connectivity index (χ4n) is 2.16. The molecule has 0 saturated carbocycles. The second kappa shape index (κ2) is 6.48. The molecule has 25 heavy (non-hydrogen) atoms. The van der Waals surface area contributed by atoms with Crippen LogP contribution in [0.15, 0.2) is 30.5 Å². The van der Waals surface area contributed by atoms with Gasteiger partial charge in [0.25, 0.3) is 0 Å². The molecule has 136 valence electrons. The van der Waals surface area contributed by atoms with Crippen molar-refractivity contribution in [1.29, 1.82) is 0 Å². The van der Waals surface area contributed by atoms with Gasteiger partial charge < -0.3 is 0 Å². The number of hydrogen-bond donors (Lipinski definition) is 0. The van der Waals surface area contributed by atoms with Crippen LogP contribution in [0.5, 0.6) is 0 Å². The summed E-state index contributed by atoms with van der Waals surface area (Å²) in [6, 6.07) is 3.34. The third-order valence-corrected chi connectivity index (χ3v) is 4.05. The van der Waals surface area contributed by atoms with Crippen LogP contribution in [-0.4, -0.2) is 17.3 Å². The predicted molar refractivity (Wildman–Crippen MR) is 79.6 cm³/mol. The lowest BCUT2D eigenvalue weighted by Crippen LogP contribution is -2.50. The maximum absolute atomic E-state index is 14.5. The second-order valence-corrected chi connectivity index (χ2v) is 6.01. The largest absolute Gasteiger partial charge is 0.435 e. The Kier molecular flexibility index (Phi) is 5.20. The van der Waals surface area contributed by atoms with Crippen molar-refractivity contribution in [3.05, 3.63) is 51.2 Å². The van der Waals surface area contributed by atoms with Gasteiger partial charge in [-0.3, -0.25) is 0 Å². The van der Waals surface area contributed by atoms with Crippen molar-refractivity contribution in [3.63, 3.8) is 0 Å². The molecule has 2 rings (SSSR count). The minimum absolute atomic E-state index is 0.215. The molecule has 0 N–H and O–H groups in total. The van der Waals surface area contributed by atoms with Gasteiger partial charge in [0, 0.05) is 27.9 Å². The number of rotatable bonds is 2. The average Bonchev–Trinajstić information content (AvgIpc) is 2.44. The highest BCUT2D eigenvalue weighted by Crippen LogP contribution is 2.57. The van der Waals surface area contributed by atoms with Crippen LogP contribution in [0.2, 0.25) is 15.2 Å². The van der Waals surface area contributed by atoms with Crippen molar-refractivity contribution >= 4 is 34.8 Å². The molecule has 0 unspecified atom stereocenters. The van der Waals surface area contributed by atoms with Crippen molar-refractivity contribution in [1.82, 2.24) is 4.98 Å². The molecule has 2 aromatic rings. The first-order chi connectivity index (χ1) is 11.3. The third-order valence-electron chi connectivity index (χ3n) is 3.24. The van der Waals surface area contributed by atoms with Gasteiger partial charge in [0.2, 0.25) is 0 Å². The highest BCUT2D eigenvalue weighted by molar-refractivity contribution is 6.38. The fourth-order valence-corrected chi connectivity index (χ4v) is 2.97. The topological polar surface area (TPSA) is 12.9 Å². The van der Waals surface area contributed by atoms with Crippen LogP contribution < -0.4 is 0 Å². The van der Waals surface area contributed by atoms with Crippen LogP contribution in [0, 0.1) is 0 Å². The Hall–Kier alpha value is -1.25. The Morgan fingerprint density at radius 2 is 1.40 bits per heavy atom. The van der Waals surface area contributed by atoms with Gasteiger partial charge in [-0.05, 0) is 24.3 Å². The van der Waals surface area contributed by atoms with Gasteiger partial charge in [0.05, 0.1) is 5.02 Å². The van der Waals surface area contributed by atoms with E-state index in [0.717, 1.165) is 18.3 Å². The number of halogens is 10. The Morgan fingerprint density at radius 3 is 1.88 bits per heavy atom. The summed E-state index contributed by atoms with van der Waals surface area (Å²) in [6.45, 7) is 0. The number of benzene rings is 1. The van der Waals surface area contributed by atoms with Crippen LogP contribution in [0.4, 0.5) is 30.7 Å². The smallest absolute Gasteiger partial charge is 0.244 e. The molecule has 0 amide bonds. The molecule has 0 bridgehead atoms. The molecule has 0 aliphatic rings. The lowest BCUT2D eigenvalue weighted by atomic mass is 9.87. The van der Waals surface area contributed by atoms with Crippen molar-refractivity contribution in [2.75, 3.05) is 0 Å². The average molecular weight is 427 g/mol. The minimum Gasteiger partial charge on any atom is -0.244 e. The molecule has 1 aromatic heterocycles. The first-order valence-electron chi connectivity index (χ1n) is 6.23. The summed E-state index contributed by atoms with van der Waals surface area (Å²) >= 11 is 17.0. The van der Waals surface area contributed by atoms with Crippen molar-refractivity contribution in [3.8, 4) is 11.1 Å². The van der Waals surface area contributed by atoms with Crippen LogP contribution in [0.25, 0.3) is 11.1 Å². The van der Waals surface area contributed by atoms with E-state index < -0.39 is 49.9 Å². The summed E-state index contributed by atoms with van der Waals surface area (Å²) in [5.74, 6) is 0. The van der Waals surface area contributed by atoms with Gasteiger partial charge in [-0.25, -0.2) is 9.37 Å². The molecule has 1 heterocycles. The molecule has 11 heteroatoms. The van der Waals surface area contributed by atoms with Crippen LogP contribution in [-0.2, 0) is 5.67 Å². The number of alkyl halides is 7. The zero-order chi connectivity index (χ0) is 19.2. The lowest BCUT2D eigenvalue weighted by Gasteiger charge is -2.32. The number of pyridine rings is 1. The normalized spacial score (nSPS) is 13.2. The predicted octanol–water partition coefficient (Wildman–Crippen LogP) is 7.00. The van der Waals surface area contributed by atoms with Crippen LogP contribution in [0.3, 0.4) is 0 Å². The van der Waals surface area contributed by atoms with Crippen molar-refractivity contribution in [2.24, 2.45) is 0 Å². The van der Waals surface area contributed by atoms with E-state index in [1.54, 1.807) is 0 Å². The highest BCUT2D eigenvalue weighted by Gasteiger charge is 2.74. The zero-order valence-corrected chi connectivity index (χ0v) is 13.9. The molecule has 1 nitrogen and oxygen atoms in total. The van der Waals surface area contributed by atoms with E-state index >= 15 is 0 Å². The number of hydrogen-bond acceptors (Lipinski definition) is 1. The molecule has 0 fully saturated rings. The Balaban J connectivity index is 2.97. The Labute approximate surface area is 151 Å². The van der Waals surface area contributed by atoms with E-state index in [9.17, 15) is 30.7 Å². The van der Waals surface area contributed by atoms with Gasteiger partial charge in [-0.2, -0.15) is 26.3 Å². The molecular formula is C14H5Cl3F7N. The SMILES string of the molecule is FC(F)(F)C(F)(c1cc(Cl)cc(Cl)c1-c1cccnc1Cl)C(F)(F)F. The van der Waals surface area contributed by atoms with E-state index in [0.29, 0.717) is 0 Å². The van der Waals surface area contributed by atoms with Crippen LogP contribution >= 0.6 is 34.8 Å². The van der Waals surface area contributed by atoms with E-state index in [4.69, 9.17) is 34.8 Å². The van der Waals surface area contributed by atoms with Gasteiger partial charge in [-0.15, -0.1) is 0 Å². The summed E-state index contributed by atoms with van der Waals surface area (Å²) in [6.07, 6.45) is -11.5. The Bertz CT molecular complexity index is 788. The number of aromatic nitrogens is 1. The van der Waals surface area contributed by atoms with Gasteiger partial charge >= 0.3 is 18.0 Å². The molecular weight excluding hydrogens is 422 g/mol. The fraction of sp³-hybridized carbons (Fsp3) is 0.214. The molecule has 0 spiro atoms. The summed E-state index contributed by atoms with van der Waals surface area (Å²) in [4.78, 5) is 3.56. The monoisotopic (exact) mass is 425 g/mol. The quantitative estimate of drug-likeness (QED) is 0.372. The minimum atomic E-state index is -6.33. The summed E-state index contributed by atoms with van der Waals surface area (Å²) < 4.78 is 93.2. The maximum Gasteiger partial charge on any atom is 0.435 e. The molecule has 0 aliphatic heterocycles. The zero-order valence-electron chi connectivity index (χ0n) is 11.6. The molecule has 0 saturated heterocycles. The van der Waals surface area contributed by atoms with Gasteiger partial charge in [0.1, 0.15) is 5.15 Å². The van der Waals surface area contributed by atoms with Crippen molar-refractivity contribution < 1.29 is 30.7 Å². The molecule has 0 atom stereocenters. The Morgan fingerprint density at radius 1 is 0.840 bits per heavy atom. The third kappa shape index (κ3) is 3.39. The maximum atomic E-state index is 14.5. The second-order valence-electron chi connectivity index (χ2n) is 4.81. The molecule has 1 aromatic carbocycles. The van der Waals surface area contributed by atoms with E-state index in [-0.39, 0.29) is 6.07 Å². The first-order valence-corrected chi connectivity index (χ1v) is 7.37. The lowest BCUT2D eigenvalue weighted by molar-refractivity contribution is -0.348. The summed E-state index contributed by atoms with van der Waals surface area (Å²) in [5.41, 5.74) is -8.85. The standard InChI is InChI=1S/C14H5Cl3F7N/c15-6-4-8(12(18,13(19,20)21)14(22,23)24)10(9(16)5-6)7-2-1-3-25-11(7)17/h1-5H. The van der Waals surface area contributed by atoms with Gasteiger partial charge in [0.15, 0.2) is 0 Å². The molecule has 0 radical (unpaired) electrons. The van der Waals surface area contributed by atoms with Crippen molar-refractivity contribution in [2.45, 2.75) is 18.0 Å². The molecule has 0 aliphatic carbocycles.